The molecule has 7 heavy (non-hydrogen) atoms. The Morgan fingerprint density at radius 1 is 1.57 bits per heavy atom. The van der Waals surface area contributed by atoms with E-state index in [-0.39, 0.29) is 5.92 Å². The van der Waals surface area contributed by atoms with Crippen LogP contribution in [0.15, 0.2) is 0 Å². The third kappa shape index (κ3) is 2.09. The lowest BCUT2D eigenvalue weighted by atomic mass is 10.1. The first-order valence-corrected chi connectivity index (χ1v) is 2.10. The van der Waals surface area contributed by atoms with E-state index >= 15 is 0 Å². The van der Waals surface area contributed by atoms with Gasteiger partial charge in [0.2, 0.25) is 5.78 Å². The molecule has 0 amide bonds. The molecule has 0 atom stereocenters. The third-order valence-electron chi connectivity index (χ3n) is 0.625. The molecule has 0 aliphatic rings. The highest BCUT2D eigenvalue weighted by atomic mass is 16.2. The van der Waals surface area contributed by atoms with Crippen LogP contribution in [0.1, 0.15) is 13.8 Å². The van der Waals surface area contributed by atoms with Crippen LogP contribution < -0.4 is 0 Å². The van der Waals surface area contributed by atoms with E-state index in [0.29, 0.717) is 0 Å². The fourth-order valence-electron chi connectivity index (χ4n) is 0.118. The first kappa shape index (κ1) is 6.34. The summed E-state index contributed by atoms with van der Waals surface area (Å²) >= 11 is 0. The Labute approximate surface area is 42.5 Å². The maximum atomic E-state index is 10.1. The van der Waals surface area contributed by atoms with Crippen LogP contribution in [0.25, 0.3) is 0 Å². The van der Waals surface area contributed by atoms with Crippen LogP contribution >= 0.6 is 0 Å². The molecule has 0 N–H and O–H groups in total. The van der Waals surface area contributed by atoms with E-state index in [4.69, 9.17) is 0 Å². The first-order valence-electron chi connectivity index (χ1n) is 2.10. The van der Waals surface area contributed by atoms with Crippen molar-refractivity contribution in [1.29, 1.82) is 0 Å². The van der Waals surface area contributed by atoms with E-state index in [9.17, 15) is 9.59 Å². The number of ketones is 1. The minimum atomic E-state index is -0.458. The number of hydrogen-bond acceptors (Lipinski definition) is 2. The van der Waals surface area contributed by atoms with E-state index in [1.54, 1.807) is 13.8 Å². The molecule has 0 bridgehead atoms. The Morgan fingerprint density at radius 2 is 2.00 bits per heavy atom. The summed E-state index contributed by atoms with van der Waals surface area (Å²) in [5.41, 5.74) is 0. The standard InChI is InChI=1S/C5H7O2/c1-4(2)5(7)3-6/h4H,1-2H3. The molecule has 2 heteroatoms. The Balaban J connectivity index is 3.56. The van der Waals surface area contributed by atoms with Gasteiger partial charge in [-0.05, 0) is 0 Å². The highest BCUT2D eigenvalue weighted by Crippen LogP contribution is 1.88. The quantitative estimate of drug-likeness (QED) is 0.467. The largest absolute Gasteiger partial charge is 0.290 e. The molecule has 1 radical (unpaired) electrons. The molecule has 0 aromatic heterocycles. The second-order valence-corrected chi connectivity index (χ2v) is 1.62. The van der Waals surface area contributed by atoms with Gasteiger partial charge in [0.05, 0.1) is 0 Å². The number of carbonyl (C=O) groups is 1. The van der Waals surface area contributed by atoms with E-state index in [0.717, 1.165) is 0 Å². The van der Waals surface area contributed by atoms with Gasteiger partial charge in [0.15, 0.2) is 0 Å². The molecule has 0 aromatic rings. The summed E-state index contributed by atoms with van der Waals surface area (Å²) in [5, 5.41) is 0. The number of carbonyl (C=O) groups excluding carboxylic acids is 2. The Bertz CT molecular complexity index is 84.1. The molecule has 0 saturated heterocycles. The van der Waals surface area contributed by atoms with Gasteiger partial charge in [-0.2, -0.15) is 0 Å². The van der Waals surface area contributed by atoms with Crippen LogP contribution in [0.5, 0.6) is 0 Å². The molecule has 0 spiro atoms. The minimum Gasteiger partial charge on any atom is -0.290 e. The summed E-state index contributed by atoms with van der Waals surface area (Å²) in [5.74, 6) is -0.655. The predicted octanol–water partition coefficient (Wildman–Crippen LogP) is 0.321. The Kier molecular flexibility index (Phi) is 2.27. The molecule has 0 aliphatic heterocycles. The van der Waals surface area contributed by atoms with Crippen molar-refractivity contribution in [3.8, 4) is 0 Å². The Morgan fingerprint density at radius 3 is 2.00 bits per heavy atom. The molecule has 39 valence electrons. The van der Waals surface area contributed by atoms with Gasteiger partial charge in [-0.1, -0.05) is 13.8 Å². The highest BCUT2D eigenvalue weighted by Gasteiger charge is 2.03. The van der Waals surface area contributed by atoms with Crippen molar-refractivity contribution in [2.75, 3.05) is 0 Å². The second kappa shape index (κ2) is 2.50. The van der Waals surface area contributed by atoms with Gasteiger partial charge in [-0.15, -0.1) is 0 Å². The summed E-state index contributed by atoms with van der Waals surface area (Å²) in [7, 11) is 0. The molecule has 0 fully saturated rings. The van der Waals surface area contributed by atoms with Crippen LogP contribution in [-0.4, -0.2) is 12.1 Å². The molecule has 2 nitrogen and oxygen atoms in total. The lowest BCUT2D eigenvalue weighted by Crippen LogP contribution is -2.06. The first-order chi connectivity index (χ1) is 3.18. The van der Waals surface area contributed by atoms with Crippen LogP contribution in [0.3, 0.4) is 0 Å². The van der Waals surface area contributed by atoms with Crippen LogP contribution in [-0.2, 0) is 9.59 Å². The summed E-state index contributed by atoms with van der Waals surface area (Å²) in [6.45, 7) is 3.32. The van der Waals surface area contributed by atoms with Crippen LogP contribution in [0.2, 0.25) is 0 Å². The molecular weight excluding hydrogens is 92.1 g/mol. The second-order valence-electron chi connectivity index (χ2n) is 1.62. The van der Waals surface area contributed by atoms with Gasteiger partial charge in [-0.25, -0.2) is 0 Å². The normalized spacial score (nSPS) is 9.00. The summed E-state index contributed by atoms with van der Waals surface area (Å²) < 4.78 is 0. The van der Waals surface area contributed by atoms with Crippen LogP contribution in [0.4, 0.5) is 0 Å². The lowest BCUT2D eigenvalue weighted by Gasteiger charge is -1.88. The molecular formula is C5H7O2. The molecule has 0 unspecified atom stereocenters. The van der Waals surface area contributed by atoms with Crippen molar-refractivity contribution in [1.82, 2.24) is 0 Å². The van der Waals surface area contributed by atoms with E-state index in [1.807, 2.05) is 0 Å². The fourth-order valence-corrected chi connectivity index (χ4v) is 0.118. The minimum absolute atomic E-state index is 0.197. The monoisotopic (exact) mass is 99.0 g/mol. The van der Waals surface area contributed by atoms with Gasteiger partial charge >= 0.3 is 0 Å². The molecule has 0 aromatic carbocycles. The number of Topliss-reactive ketones (excluding diaryl/α,β-unsaturated/α-hetero) is 1. The van der Waals surface area contributed by atoms with Crippen molar-refractivity contribution in [3.63, 3.8) is 0 Å². The molecule has 0 saturated carbocycles. The van der Waals surface area contributed by atoms with Gasteiger partial charge in [0.1, 0.15) is 0 Å². The van der Waals surface area contributed by atoms with E-state index in [1.165, 1.54) is 6.29 Å². The summed E-state index contributed by atoms with van der Waals surface area (Å²) in [6.07, 6.45) is 1.28. The smallest absolute Gasteiger partial charge is 0.272 e. The zero-order chi connectivity index (χ0) is 5.86. The van der Waals surface area contributed by atoms with E-state index in [2.05, 4.69) is 0 Å². The fraction of sp³-hybridized carbons (Fsp3) is 0.600. The number of rotatable bonds is 2. The average molecular weight is 99.1 g/mol. The van der Waals surface area contributed by atoms with E-state index < -0.39 is 5.78 Å². The average Bonchev–Trinajstić information content (AvgIpc) is 1.65. The summed E-state index contributed by atoms with van der Waals surface area (Å²) in [4.78, 5) is 19.6. The van der Waals surface area contributed by atoms with Gasteiger partial charge in [0.25, 0.3) is 6.29 Å². The Hall–Kier alpha value is -0.660. The molecule has 0 rings (SSSR count). The van der Waals surface area contributed by atoms with Crippen molar-refractivity contribution in [2.24, 2.45) is 5.92 Å². The summed E-state index contributed by atoms with van der Waals surface area (Å²) in [6, 6.07) is 0. The topological polar surface area (TPSA) is 34.1 Å². The van der Waals surface area contributed by atoms with Crippen molar-refractivity contribution in [3.05, 3.63) is 0 Å². The number of hydrogen-bond donors (Lipinski definition) is 0. The van der Waals surface area contributed by atoms with Gasteiger partial charge < -0.3 is 0 Å². The molecule has 0 heterocycles. The van der Waals surface area contributed by atoms with Crippen molar-refractivity contribution < 1.29 is 9.59 Å². The highest BCUT2D eigenvalue weighted by molar-refractivity contribution is 6.26. The van der Waals surface area contributed by atoms with Gasteiger partial charge in [-0.3, -0.25) is 9.59 Å². The maximum absolute atomic E-state index is 10.1. The van der Waals surface area contributed by atoms with Gasteiger partial charge in [0, 0.05) is 5.92 Å². The SMILES string of the molecule is CC(C)C(=O)[C]=O. The van der Waals surface area contributed by atoms with Crippen LogP contribution in [0, 0.1) is 5.92 Å². The van der Waals surface area contributed by atoms with Crippen molar-refractivity contribution in [2.45, 2.75) is 13.8 Å². The zero-order valence-corrected chi connectivity index (χ0v) is 4.39. The lowest BCUT2D eigenvalue weighted by molar-refractivity contribution is -0.115. The zero-order valence-electron chi connectivity index (χ0n) is 4.39. The third-order valence-corrected chi connectivity index (χ3v) is 0.625. The van der Waals surface area contributed by atoms with Crippen molar-refractivity contribution >= 4 is 12.1 Å². The predicted molar refractivity (Wildman–Crippen MR) is 25.5 cm³/mol. The maximum Gasteiger partial charge on any atom is 0.272 e. The molecule has 0 aliphatic carbocycles.